The number of amides is 1. The van der Waals surface area contributed by atoms with Crippen molar-refractivity contribution in [1.29, 1.82) is 0 Å². The number of carbonyl (C=O) groups excluding carboxylic acids is 1. The van der Waals surface area contributed by atoms with E-state index >= 15 is 0 Å². The Hall–Kier alpha value is -3.41. The molecule has 0 bridgehead atoms. The lowest BCUT2D eigenvalue weighted by Gasteiger charge is -2.09. The van der Waals surface area contributed by atoms with Gasteiger partial charge in [0.2, 0.25) is 0 Å². The third-order valence-corrected chi connectivity index (χ3v) is 4.62. The Labute approximate surface area is 149 Å². The van der Waals surface area contributed by atoms with Crippen molar-refractivity contribution >= 4 is 27.8 Å². The highest BCUT2D eigenvalue weighted by molar-refractivity contribution is 5.97. The third kappa shape index (κ3) is 2.65. The molecule has 4 aromatic rings. The molecular weight excluding hydrogens is 328 g/mol. The summed E-state index contributed by atoms with van der Waals surface area (Å²) in [6, 6.07) is 13.2. The minimum Gasteiger partial charge on any atom is -0.361 e. The van der Waals surface area contributed by atoms with Crippen LogP contribution in [0.1, 0.15) is 21.6 Å². The molecule has 0 aliphatic heterocycles. The minimum atomic E-state index is -0.190. The predicted octanol–water partition coefficient (Wildman–Crippen LogP) is 2.65. The third-order valence-electron chi connectivity index (χ3n) is 4.62. The minimum absolute atomic E-state index is 0.158. The number of hydrogen-bond acceptors (Lipinski definition) is 3. The van der Waals surface area contributed by atoms with Gasteiger partial charge in [0, 0.05) is 36.3 Å². The number of para-hydroxylation sites is 1. The molecule has 0 saturated carbocycles. The van der Waals surface area contributed by atoms with Gasteiger partial charge < -0.3 is 14.9 Å². The van der Waals surface area contributed by atoms with E-state index in [2.05, 4.69) is 15.3 Å². The van der Waals surface area contributed by atoms with Gasteiger partial charge in [-0.25, -0.2) is 4.98 Å². The summed E-state index contributed by atoms with van der Waals surface area (Å²) in [5.41, 5.74) is 4.18. The fraction of sp³-hybridized carbons (Fsp3) is 0.150. The number of aromatic nitrogens is 3. The van der Waals surface area contributed by atoms with Gasteiger partial charge in [-0.2, -0.15) is 0 Å². The Kier molecular flexibility index (Phi) is 3.80. The van der Waals surface area contributed by atoms with E-state index in [1.165, 1.54) is 4.57 Å². The smallest absolute Gasteiger partial charge is 0.272 e. The molecule has 0 fully saturated rings. The second kappa shape index (κ2) is 6.15. The zero-order valence-electron chi connectivity index (χ0n) is 14.5. The van der Waals surface area contributed by atoms with Crippen molar-refractivity contribution in [3.05, 3.63) is 75.8 Å². The van der Waals surface area contributed by atoms with E-state index in [9.17, 15) is 9.59 Å². The summed E-state index contributed by atoms with van der Waals surface area (Å²) in [5.74, 6) is -0.190. The predicted molar refractivity (Wildman–Crippen MR) is 101 cm³/mol. The Morgan fingerprint density at radius 2 is 2.04 bits per heavy atom. The van der Waals surface area contributed by atoms with E-state index in [1.54, 1.807) is 32.2 Å². The highest BCUT2D eigenvalue weighted by Crippen LogP contribution is 2.18. The van der Waals surface area contributed by atoms with E-state index in [0.717, 1.165) is 16.5 Å². The fourth-order valence-corrected chi connectivity index (χ4v) is 3.16. The number of H-pyrrole nitrogens is 1. The standard InChI is InChI=1S/C20H18N4O2/c1-12-20(26)24(2)18-9-13(7-8-17(18)23-12)19(25)22-11-14-10-21-16-6-4-3-5-15(14)16/h3-10,21H,11H2,1-2H3,(H,22,25). The first-order valence-electron chi connectivity index (χ1n) is 8.35. The highest BCUT2D eigenvalue weighted by Gasteiger charge is 2.11. The number of fused-ring (bicyclic) bond motifs is 2. The zero-order valence-corrected chi connectivity index (χ0v) is 14.5. The van der Waals surface area contributed by atoms with Gasteiger partial charge in [0.15, 0.2) is 0 Å². The Bertz CT molecular complexity index is 1200. The maximum absolute atomic E-state index is 12.6. The number of carbonyl (C=O) groups is 1. The molecule has 0 unspecified atom stereocenters. The number of rotatable bonds is 3. The molecule has 2 aromatic carbocycles. The molecule has 1 amide bonds. The first-order chi connectivity index (χ1) is 12.5. The quantitative estimate of drug-likeness (QED) is 0.598. The molecule has 0 aliphatic carbocycles. The van der Waals surface area contributed by atoms with Crippen molar-refractivity contribution in [2.45, 2.75) is 13.5 Å². The lowest BCUT2D eigenvalue weighted by atomic mass is 10.1. The molecule has 0 spiro atoms. The molecule has 0 aliphatic rings. The molecule has 130 valence electrons. The van der Waals surface area contributed by atoms with Crippen molar-refractivity contribution in [2.75, 3.05) is 0 Å². The van der Waals surface area contributed by atoms with Crippen LogP contribution in [0.2, 0.25) is 0 Å². The summed E-state index contributed by atoms with van der Waals surface area (Å²) in [4.78, 5) is 32.1. The van der Waals surface area contributed by atoms with Crippen LogP contribution in [0.4, 0.5) is 0 Å². The summed E-state index contributed by atoms with van der Waals surface area (Å²) < 4.78 is 1.52. The molecule has 0 radical (unpaired) electrons. The topological polar surface area (TPSA) is 79.8 Å². The molecule has 0 saturated heterocycles. The Morgan fingerprint density at radius 1 is 1.23 bits per heavy atom. The van der Waals surface area contributed by atoms with E-state index in [1.807, 2.05) is 30.5 Å². The number of aryl methyl sites for hydroxylation is 2. The molecule has 2 heterocycles. The molecule has 2 N–H and O–H groups in total. The Morgan fingerprint density at radius 3 is 2.88 bits per heavy atom. The first kappa shape index (κ1) is 16.1. The van der Waals surface area contributed by atoms with Gasteiger partial charge in [-0.3, -0.25) is 9.59 Å². The van der Waals surface area contributed by atoms with Crippen LogP contribution in [0.3, 0.4) is 0 Å². The molecule has 2 aromatic heterocycles. The monoisotopic (exact) mass is 346 g/mol. The average molecular weight is 346 g/mol. The Balaban J connectivity index is 1.61. The van der Waals surface area contributed by atoms with Crippen LogP contribution >= 0.6 is 0 Å². The van der Waals surface area contributed by atoms with Gasteiger partial charge in [0.1, 0.15) is 5.69 Å². The number of hydrogen-bond donors (Lipinski definition) is 2. The fourth-order valence-electron chi connectivity index (χ4n) is 3.16. The molecule has 4 rings (SSSR count). The van der Waals surface area contributed by atoms with Crippen molar-refractivity contribution in [3.8, 4) is 0 Å². The van der Waals surface area contributed by atoms with E-state index in [-0.39, 0.29) is 11.5 Å². The van der Waals surface area contributed by atoms with Crippen molar-refractivity contribution < 1.29 is 4.79 Å². The summed E-state index contributed by atoms with van der Waals surface area (Å²) in [6.07, 6.45) is 1.90. The van der Waals surface area contributed by atoms with Crippen molar-refractivity contribution in [1.82, 2.24) is 19.9 Å². The van der Waals surface area contributed by atoms with E-state index in [0.29, 0.717) is 28.8 Å². The number of aromatic amines is 1. The lowest BCUT2D eigenvalue weighted by Crippen LogP contribution is -2.24. The van der Waals surface area contributed by atoms with E-state index in [4.69, 9.17) is 0 Å². The SMILES string of the molecule is Cc1nc2ccc(C(=O)NCc3c[nH]c4ccccc34)cc2n(C)c1=O. The van der Waals surface area contributed by atoms with Gasteiger partial charge in [-0.1, -0.05) is 18.2 Å². The summed E-state index contributed by atoms with van der Waals surface area (Å²) in [6.45, 7) is 2.11. The zero-order chi connectivity index (χ0) is 18.3. The van der Waals surface area contributed by atoms with Crippen LogP contribution in [0.25, 0.3) is 21.9 Å². The second-order valence-corrected chi connectivity index (χ2v) is 6.31. The van der Waals surface area contributed by atoms with Crippen molar-refractivity contribution in [2.24, 2.45) is 7.05 Å². The molecule has 6 heteroatoms. The van der Waals surface area contributed by atoms with Gasteiger partial charge in [-0.15, -0.1) is 0 Å². The summed E-state index contributed by atoms with van der Waals surface area (Å²) in [7, 11) is 1.69. The first-order valence-corrected chi connectivity index (χ1v) is 8.35. The largest absolute Gasteiger partial charge is 0.361 e. The van der Waals surface area contributed by atoms with Gasteiger partial charge >= 0.3 is 0 Å². The number of nitrogens with zero attached hydrogens (tertiary/aromatic N) is 2. The maximum atomic E-state index is 12.6. The number of nitrogens with one attached hydrogen (secondary N) is 2. The number of benzene rings is 2. The average Bonchev–Trinajstić information content (AvgIpc) is 3.07. The van der Waals surface area contributed by atoms with Gasteiger partial charge in [-0.05, 0) is 36.8 Å². The molecule has 6 nitrogen and oxygen atoms in total. The van der Waals surface area contributed by atoms with Crippen LogP contribution < -0.4 is 10.9 Å². The summed E-state index contributed by atoms with van der Waals surface area (Å²) >= 11 is 0. The van der Waals surface area contributed by atoms with E-state index < -0.39 is 0 Å². The van der Waals surface area contributed by atoms with Crippen LogP contribution in [-0.2, 0) is 13.6 Å². The van der Waals surface area contributed by atoms with Gasteiger partial charge in [0.05, 0.1) is 11.0 Å². The molecular formula is C20H18N4O2. The summed E-state index contributed by atoms with van der Waals surface area (Å²) in [5, 5.41) is 4.03. The normalized spacial score (nSPS) is 11.2. The van der Waals surface area contributed by atoms with Crippen LogP contribution in [0.15, 0.2) is 53.5 Å². The second-order valence-electron chi connectivity index (χ2n) is 6.31. The molecule has 26 heavy (non-hydrogen) atoms. The van der Waals surface area contributed by atoms with Crippen LogP contribution in [0.5, 0.6) is 0 Å². The molecule has 0 atom stereocenters. The van der Waals surface area contributed by atoms with Crippen LogP contribution in [0, 0.1) is 6.92 Å². The lowest BCUT2D eigenvalue weighted by molar-refractivity contribution is 0.0951. The van der Waals surface area contributed by atoms with Crippen LogP contribution in [-0.4, -0.2) is 20.4 Å². The highest BCUT2D eigenvalue weighted by atomic mass is 16.1. The maximum Gasteiger partial charge on any atom is 0.272 e. The van der Waals surface area contributed by atoms with Crippen molar-refractivity contribution in [3.63, 3.8) is 0 Å². The van der Waals surface area contributed by atoms with Gasteiger partial charge in [0.25, 0.3) is 11.5 Å².